The normalized spacial score (nSPS) is 12.8. The molecular weight excluding hydrogens is 454 g/mol. The smallest absolute Gasteiger partial charge is 0.255 e. The molecule has 0 spiro atoms. The van der Waals surface area contributed by atoms with Gasteiger partial charge in [0.15, 0.2) is 5.82 Å². The number of carbonyl (C=O) groups is 2. The molecule has 3 rings (SSSR count). The Morgan fingerprint density at radius 3 is 2.53 bits per heavy atom. The van der Waals surface area contributed by atoms with Crippen LogP contribution < -0.4 is 22.5 Å². The van der Waals surface area contributed by atoms with E-state index in [0.29, 0.717) is 27.8 Å². The molecular formula is C24H30ClN7O2. The molecule has 1 fully saturated rings. The summed E-state index contributed by atoms with van der Waals surface area (Å²) in [6, 6.07) is 3.40. The first-order valence-electron chi connectivity index (χ1n) is 10.8. The Kier molecular flexibility index (Phi) is 9.59. The number of allylic oxidation sites excluding steroid dienone is 1. The van der Waals surface area contributed by atoms with Gasteiger partial charge in [-0.1, -0.05) is 31.0 Å². The van der Waals surface area contributed by atoms with E-state index in [4.69, 9.17) is 28.8 Å². The Morgan fingerprint density at radius 1 is 1.32 bits per heavy atom. The molecule has 0 bridgehead atoms. The fraction of sp³-hybridized carbons (Fsp3) is 0.292. The Balaban J connectivity index is 0.000000379. The van der Waals surface area contributed by atoms with E-state index in [1.54, 1.807) is 19.2 Å². The van der Waals surface area contributed by atoms with Gasteiger partial charge < -0.3 is 27.4 Å². The maximum Gasteiger partial charge on any atom is 0.255 e. The van der Waals surface area contributed by atoms with E-state index < -0.39 is 5.91 Å². The van der Waals surface area contributed by atoms with Crippen LogP contribution in [0.15, 0.2) is 31.0 Å². The van der Waals surface area contributed by atoms with E-state index in [-0.39, 0.29) is 11.5 Å². The minimum atomic E-state index is -0.635. The molecule has 1 aliphatic heterocycles. The van der Waals surface area contributed by atoms with Crippen molar-refractivity contribution in [2.75, 3.05) is 31.2 Å². The zero-order valence-corrected chi connectivity index (χ0v) is 20.1. The van der Waals surface area contributed by atoms with Gasteiger partial charge in [0.25, 0.3) is 5.91 Å². The van der Waals surface area contributed by atoms with Gasteiger partial charge in [0.1, 0.15) is 11.3 Å². The summed E-state index contributed by atoms with van der Waals surface area (Å²) in [6.07, 6.45) is 5.92. The van der Waals surface area contributed by atoms with Crippen LogP contribution in [0.25, 0.3) is 5.57 Å². The third-order valence-corrected chi connectivity index (χ3v) is 5.54. The molecule has 2 aromatic rings. The highest BCUT2D eigenvalue weighted by atomic mass is 35.5. The van der Waals surface area contributed by atoms with Crippen molar-refractivity contribution in [1.82, 2.24) is 15.1 Å². The number of nitrogen functional groups attached to an aromatic ring is 1. The van der Waals surface area contributed by atoms with Crippen LogP contribution in [0.1, 0.15) is 53.4 Å². The summed E-state index contributed by atoms with van der Waals surface area (Å²) in [5.74, 6) is 5.48. The molecule has 9 nitrogen and oxygen atoms in total. The fourth-order valence-corrected chi connectivity index (χ4v) is 3.62. The molecule has 1 aromatic heterocycles. The van der Waals surface area contributed by atoms with Gasteiger partial charge in [0, 0.05) is 37.0 Å². The van der Waals surface area contributed by atoms with Crippen molar-refractivity contribution >= 4 is 40.5 Å². The minimum Gasteiger partial charge on any atom is -0.404 e. The van der Waals surface area contributed by atoms with Gasteiger partial charge in [0.2, 0.25) is 5.91 Å². The van der Waals surface area contributed by atoms with Crippen LogP contribution in [0.5, 0.6) is 0 Å². The van der Waals surface area contributed by atoms with Crippen molar-refractivity contribution in [1.29, 1.82) is 0 Å². The summed E-state index contributed by atoms with van der Waals surface area (Å²) >= 11 is 6.30. The lowest BCUT2D eigenvalue weighted by Gasteiger charge is -2.10. The third-order valence-electron chi connectivity index (χ3n) is 5.23. The number of carbonyl (C=O) groups excluding carboxylic acids is 2. The molecule has 0 atom stereocenters. The monoisotopic (exact) mass is 483 g/mol. The van der Waals surface area contributed by atoms with Crippen LogP contribution in [-0.4, -0.2) is 47.0 Å². The highest BCUT2D eigenvalue weighted by molar-refractivity contribution is 6.32. The largest absolute Gasteiger partial charge is 0.404 e. The van der Waals surface area contributed by atoms with Crippen LogP contribution in [0.2, 0.25) is 5.02 Å². The number of nitrogens with two attached hydrogens (primary N) is 3. The first-order chi connectivity index (χ1) is 16.3. The van der Waals surface area contributed by atoms with Crippen LogP contribution in [0.4, 0.5) is 11.5 Å². The number of halogens is 1. The lowest BCUT2D eigenvalue weighted by Crippen LogP contribution is -2.25. The molecule has 0 aliphatic carbocycles. The van der Waals surface area contributed by atoms with Gasteiger partial charge in [0.05, 0.1) is 5.02 Å². The van der Waals surface area contributed by atoms with Crippen molar-refractivity contribution in [3.63, 3.8) is 0 Å². The predicted octanol–water partition coefficient (Wildman–Crippen LogP) is 2.69. The highest BCUT2D eigenvalue weighted by Crippen LogP contribution is 2.29. The Morgan fingerprint density at radius 2 is 2.00 bits per heavy atom. The summed E-state index contributed by atoms with van der Waals surface area (Å²) < 4.78 is 0. The topological polar surface area (TPSA) is 156 Å². The van der Waals surface area contributed by atoms with Crippen LogP contribution >= 0.6 is 11.6 Å². The number of nitrogens with zero attached hydrogens (tertiary/aromatic N) is 2. The number of primary amides is 1. The van der Waals surface area contributed by atoms with Gasteiger partial charge in [-0.2, -0.15) is 5.10 Å². The average Bonchev–Trinajstić information content (AvgIpc) is 3.51. The van der Waals surface area contributed by atoms with E-state index in [2.05, 4.69) is 33.9 Å². The molecule has 0 radical (unpaired) electrons. The summed E-state index contributed by atoms with van der Waals surface area (Å²) in [5, 5.41) is 9.82. The lowest BCUT2D eigenvalue weighted by molar-refractivity contribution is -0.124. The van der Waals surface area contributed by atoms with E-state index in [1.165, 1.54) is 12.3 Å². The van der Waals surface area contributed by atoms with Crippen LogP contribution in [0.3, 0.4) is 0 Å². The number of H-pyrrole nitrogens is 1. The number of amides is 2. The van der Waals surface area contributed by atoms with Crippen molar-refractivity contribution in [2.45, 2.75) is 26.2 Å². The maximum atomic E-state index is 11.6. The molecule has 1 aliphatic rings. The number of hydrogen-bond donors (Lipinski definition) is 5. The zero-order chi connectivity index (χ0) is 25.3. The Bertz CT molecular complexity index is 1150. The van der Waals surface area contributed by atoms with Crippen molar-refractivity contribution < 1.29 is 9.59 Å². The molecule has 180 valence electrons. The number of nitrogens with one attached hydrogen (secondary N) is 2. The quantitative estimate of drug-likeness (QED) is 0.250. The molecule has 1 saturated heterocycles. The summed E-state index contributed by atoms with van der Waals surface area (Å²) in [5.41, 5.74) is 20.3. The highest BCUT2D eigenvalue weighted by Gasteiger charge is 2.16. The summed E-state index contributed by atoms with van der Waals surface area (Å²) in [6.45, 7) is 7.23. The van der Waals surface area contributed by atoms with E-state index in [1.807, 2.05) is 11.8 Å². The van der Waals surface area contributed by atoms with Gasteiger partial charge in [-0.3, -0.25) is 14.7 Å². The van der Waals surface area contributed by atoms with Crippen molar-refractivity contribution in [3.05, 3.63) is 58.4 Å². The number of likely N-dealkylation sites (tertiary alicyclic amines) is 1. The second-order valence-electron chi connectivity index (χ2n) is 7.39. The molecule has 0 saturated carbocycles. The maximum absolute atomic E-state index is 11.6. The molecule has 0 unspecified atom stereocenters. The third kappa shape index (κ3) is 6.33. The van der Waals surface area contributed by atoms with Gasteiger partial charge in [-0.25, -0.2) is 0 Å². The van der Waals surface area contributed by atoms with E-state index in [9.17, 15) is 9.59 Å². The number of hydrogen-bond acceptors (Lipinski definition) is 6. The minimum absolute atomic E-state index is 0.0764. The molecule has 10 heteroatoms. The second kappa shape index (κ2) is 12.4. The number of rotatable bonds is 5. The van der Waals surface area contributed by atoms with Crippen molar-refractivity contribution in [2.24, 2.45) is 11.5 Å². The first-order valence-corrected chi connectivity index (χ1v) is 11.1. The van der Waals surface area contributed by atoms with E-state index in [0.717, 1.165) is 43.5 Å². The van der Waals surface area contributed by atoms with Crippen LogP contribution in [0, 0.1) is 11.8 Å². The van der Waals surface area contributed by atoms with Crippen molar-refractivity contribution in [3.8, 4) is 11.8 Å². The van der Waals surface area contributed by atoms with Gasteiger partial charge in [-0.15, -0.1) is 0 Å². The lowest BCUT2D eigenvalue weighted by atomic mass is 10.0. The fourth-order valence-electron chi connectivity index (χ4n) is 3.41. The van der Waals surface area contributed by atoms with E-state index >= 15 is 0 Å². The predicted molar refractivity (Wildman–Crippen MR) is 137 cm³/mol. The first kappa shape index (κ1) is 26.4. The number of aromatic amines is 1. The summed E-state index contributed by atoms with van der Waals surface area (Å²) in [4.78, 5) is 24.2. The average molecular weight is 484 g/mol. The molecule has 1 aromatic carbocycles. The van der Waals surface area contributed by atoms with Gasteiger partial charge in [-0.05, 0) is 55.2 Å². The molecule has 2 amide bonds. The standard InChI is InChI=1S/C17H19ClN6O.C7H11NO/c1-3-9(8-19)11-7-12(18)10(6-13(11)20)4-5-14-15(16(21)25)17(22-2)24-23-14;1-2-7(9)8-5-3-4-6-8/h6-8H,3,19-20H2,1-2H3,(H2,21,25)(H2,22,23,24);2H,1,3-6H2/b9-8-;. The molecule has 8 N–H and O–H groups in total. The second-order valence-corrected chi connectivity index (χ2v) is 7.79. The SMILES string of the molecule is C=CC(=O)N1CCCC1.CC/C(=C/N)c1cc(Cl)c(C#Cc2[nH]nc(NC)c2C(N)=O)cc1N. The Hall–Kier alpha value is -3.90. The Labute approximate surface area is 204 Å². The number of aromatic nitrogens is 2. The molecule has 34 heavy (non-hydrogen) atoms. The number of anilines is 2. The summed E-state index contributed by atoms with van der Waals surface area (Å²) in [7, 11) is 1.63. The zero-order valence-electron chi connectivity index (χ0n) is 19.4. The molecule has 2 heterocycles. The van der Waals surface area contributed by atoms with Crippen LogP contribution in [-0.2, 0) is 4.79 Å². The van der Waals surface area contributed by atoms with Gasteiger partial charge >= 0.3 is 0 Å². The number of benzene rings is 1.